The predicted molar refractivity (Wildman–Crippen MR) is 40.3 cm³/mol. The molecule has 0 aromatic heterocycles. The first-order chi connectivity index (χ1) is 4.16. The van der Waals surface area contributed by atoms with Crippen LogP contribution >= 0.6 is 22.6 Å². The molecule has 0 bridgehead atoms. The van der Waals surface area contributed by atoms with E-state index in [0.717, 1.165) is 0 Å². The van der Waals surface area contributed by atoms with Gasteiger partial charge in [-0.2, -0.15) is 0 Å². The lowest BCUT2D eigenvalue weighted by molar-refractivity contribution is -0.157. The summed E-state index contributed by atoms with van der Waals surface area (Å²) < 4.78 is 4.89. The van der Waals surface area contributed by atoms with Crippen LogP contribution in [0.5, 0.6) is 0 Å². The van der Waals surface area contributed by atoms with Gasteiger partial charge in [-0.05, 0) is 0 Å². The van der Waals surface area contributed by atoms with E-state index in [1.807, 2.05) is 22.6 Å². The Balaban J connectivity index is 3.39. The summed E-state index contributed by atoms with van der Waals surface area (Å²) in [6, 6.07) is 0. The minimum atomic E-state index is -0.537. The van der Waals surface area contributed by atoms with Crippen LogP contribution in [-0.4, -0.2) is 16.4 Å². The topological polar surface area (TPSA) is 43.4 Å². The zero-order chi connectivity index (χ0) is 7.28. The van der Waals surface area contributed by atoms with Gasteiger partial charge in [-0.3, -0.25) is 9.59 Å². The number of hydrogen-bond donors (Lipinski definition) is 0. The van der Waals surface area contributed by atoms with Gasteiger partial charge in [0.1, 0.15) is 0 Å². The molecule has 0 N–H and O–H groups in total. The molecule has 0 fully saturated rings. The largest absolute Gasteiger partial charge is 0.393 e. The molecule has 0 amide bonds. The second-order valence-corrected chi connectivity index (χ2v) is 2.48. The molecule has 0 aliphatic heterocycles. The van der Waals surface area contributed by atoms with Gasteiger partial charge >= 0.3 is 11.9 Å². The van der Waals surface area contributed by atoms with E-state index < -0.39 is 11.9 Å². The van der Waals surface area contributed by atoms with Gasteiger partial charge in [0.2, 0.25) is 0 Å². The van der Waals surface area contributed by atoms with Crippen molar-refractivity contribution in [2.75, 3.05) is 4.43 Å². The molecule has 52 valence electrons. The normalized spacial score (nSPS) is 8.67. The second kappa shape index (κ2) is 4.72. The molecule has 0 unspecified atom stereocenters. The quantitative estimate of drug-likeness (QED) is 0.312. The highest BCUT2D eigenvalue weighted by Crippen LogP contribution is 1.91. The SMILES string of the molecule is CC(=O)OC(=O)CCI. The number of carbonyl (C=O) groups excluding carboxylic acids is 2. The first kappa shape index (κ1) is 8.87. The number of ether oxygens (including phenoxy) is 1. The van der Waals surface area contributed by atoms with Crippen molar-refractivity contribution in [2.24, 2.45) is 0 Å². The van der Waals surface area contributed by atoms with Crippen molar-refractivity contribution < 1.29 is 14.3 Å². The lowest BCUT2D eigenvalue weighted by Gasteiger charge is -1.94. The van der Waals surface area contributed by atoms with Gasteiger partial charge in [-0.15, -0.1) is 0 Å². The average molecular weight is 242 g/mol. The van der Waals surface area contributed by atoms with Crippen LogP contribution in [0.15, 0.2) is 0 Å². The Kier molecular flexibility index (Phi) is 4.65. The van der Waals surface area contributed by atoms with Crippen LogP contribution in [0.1, 0.15) is 13.3 Å². The van der Waals surface area contributed by atoms with Crippen LogP contribution in [-0.2, 0) is 14.3 Å². The molecule has 0 aromatic rings. The van der Waals surface area contributed by atoms with Gasteiger partial charge in [-0.25, -0.2) is 0 Å². The number of alkyl halides is 1. The lowest BCUT2D eigenvalue weighted by atomic mass is 10.5. The third kappa shape index (κ3) is 5.75. The van der Waals surface area contributed by atoms with Crippen molar-refractivity contribution in [3.8, 4) is 0 Å². The summed E-state index contributed by atoms with van der Waals surface area (Å²) in [4.78, 5) is 20.5. The fourth-order valence-electron chi connectivity index (χ4n) is 0.288. The summed E-state index contributed by atoms with van der Waals surface area (Å²) in [5.41, 5.74) is 0. The van der Waals surface area contributed by atoms with Gasteiger partial charge < -0.3 is 4.74 Å². The van der Waals surface area contributed by atoms with Crippen molar-refractivity contribution in [1.82, 2.24) is 0 Å². The van der Waals surface area contributed by atoms with E-state index in [1.54, 1.807) is 0 Å². The molecule has 3 nitrogen and oxygen atoms in total. The van der Waals surface area contributed by atoms with Crippen LogP contribution in [0, 0.1) is 0 Å². The van der Waals surface area contributed by atoms with E-state index in [4.69, 9.17) is 0 Å². The molecule has 0 aliphatic rings. The Labute approximate surface area is 66.9 Å². The molecule has 0 rings (SSSR count). The fraction of sp³-hybridized carbons (Fsp3) is 0.600. The van der Waals surface area contributed by atoms with Crippen LogP contribution in [0.3, 0.4) is 0 Å². The smallest absolute Gasteiger partial charge is 0.314 e. The molecule has 0 atom stereocenters. The molecule has 0 radical (unpaired) electrons. The van der Waals surface area contributed by atoms with Crippen molar-refractivity contribution in [2.45, 2.75) is 13.3 Å². The Hall–Kier alpha value is -0.130. The summed E-state index contributed by atoms with van der Waals surface area (Å²) in [6.45, 7) is 1.21. The molecule has 4 heteroatoms. The zero-order valence-corrected chi connectivity index (χ0v) is 7.17. The number of rotatable bonds is 2. The maximum Gasteiger partial charge on any atom is 0.314 e. The minimum Gasteiger partial charge on any atom is -0.393 e. The summed E-state index contributed by atoms with van der Waals surface area (Å²) in [6.07, 6.45) is 0.306. The van der Waals surface area contributed by atoms with E-state index in [-0.39, 0.29) is 0 Å². The Morgan fingerprint density at radius 2 is 2.11 bits per heavy atom. The second-order valence-electron chi connectivity index (χ2n) is 1.40. The molecule has 9 heavy (non-hydrogen) atoms. The summed E-state index contributed by atoms with van der Waals surface area (Å²) >= 11 is 2.04. The molecular formula is C5H7IO3. The molecular weight excluding hydrogens is 235 g/mol. The van der Waals surface area contributed by atoms with E-state index >= 15 is 0 Å². The van der Waals surface area contributed by atoms with Crippen LogP contribution < -0.4 is 0 Å². The summed E-state index contributed by atoms with van der Waals surface area (Å²) in [5, 5.41) is 0. The highest BCUT2D eigenvalue weighted by Gasteiger charge is 2.02. The van der Waals surface area contributed by atoms with E-state index in [2.05, 4.69) is 4.74 Å². The van der Waals surface area contributed by atoms with Crippen molar-refractivity contribution in [3.63, 3.8) is 0 Å². The van der Waals surface area contributed by atoms with Crippen LogP contribution in [0.4, 0.5) is 0 Å². The average Bonchev–Trinajstić information content (AvgIpc) is 1.63. The predicted octanol–water partition coefficient (Wildman–Crippen LogP) is 0.901. The van der Waals surface area contributed by atoms with Gasteiger partial charge in [-0.1, -0.05) is 22.6 Å². The number of esters is 2. The maximum atomic E-state index is 10.4. The van der Waals surface area contributed by atoms with Gasteiger partial charge in [0, 0.05) is 11.4 Å². The first-order valence-corrected chi connectivity index (χ1v) is 3.96. The Morgan fingerprint density at radius 1 is 1.56 bits per heavy atom. The van der Waals surface area contributed by atoms with Crippen molar-refractivity contribution in [3.05, 3.63) is 0 Å². The van der Waals surface area contributed by atoms with Gasteiger partial charge in [0.25, 0.3) is 0 Å². The zero-order valence-electron chi connectivity index (χ0n) is 5.02. The Bertz CT molecular complexity index is 121. The van der Waals surface area contributed by atoms with Gasteiger partial charge in [0.05, 0.1) is 6.42 Å². The third-order valence-corrected chi connectivity index (χ3v) is 1.10. The van der Waals surface area contributed by atoms with Crippen molar-refractivity contribution >= 4 is 34.5 Å². The number of halogens is 1. The number of hydrogen-bond acceptors (Lipinski definition) is 3. The fourth-order valence-corrected chi connectivity index (χ4v) is 0.729. The van der Waals surface area contributed by atoms with Crippen molar-refractivity contribution in [1.29, 1.82) is 0 Å². The molecule has 0 saturated carbocycles. The van der Waals surface area contributed by atoms with Crippen LogP contribution in [0.2, 0.25) is 0 Å². The molecule has 0 aliphatic carbocycles. The Morgan fingerprint density at radius 3 is 2.44 bits per heavy atom. The maximum absolute atomic E-state index is 10.4. The highest BCUT2D eigenvalue weighted by atomic mass is 127. The van der Waals surface area contributed by atoms with Gasteiger partial charge in [0.15, 0.2) is 0 Å². The van der Waals surface area contributed by atoms with Crippen LogP contribution in [0.25, 0.3) is 0 Å². The third-order valence-electron chi connectivity index (χ3n) is 0.556. The minimum absolute atomic E-state index is 0.306. The molecule has 0 aromatic carbocycles. The standard InChI is InChI=1S/C5H7IO3/c1-4(7)9-5(8)2-3-6/h2-3H2,1H3. The van der Waals surface area contributed by atoms with E-state index in [9.17, 15) is 9.59 Å². The number of carbonyl (C=O) groups is 2. The first-order valence-electron chi connectivity index (χ1n) is 2.44. The van der Waals surface area contributed by atoms with E-state index in [0.29, 0.717) is 10.8 Å². The monoisotopic (exact) mass is 242 g/mol. The molecule has 0 heterocycles. The summed E-state index contributed by atoms with van der Waals surface area (Å²) in [7, 11) is 0. The molecule has 0 saturated heterocycles. The highest BCUT2D eigenvalue weighted by molar-refractivity contribution is 14.1. The van der Waals surface area contributed by atoms with E-state index in [1.165, 1.54) is 6.92 Å². The lowest BCUT2D eigenvalue weighted by Crippen LogP contribution is -2.08. The summed E-state index contributed by atoms with van der Waals surface area (Å²) in [5.74, 6) is -0.984. The molecule has 0 spiro atoms.